The molecular formula is C11H19N3O. The Hall–Kier alpha value is -0.870. The van der Waals surface area contributed by atoms with E-state index in [0.717, 1.165) is 26.0 Å². The van der Waals surface area contributed by atoms with E-state index in [2.05, 4.69) is 17.3 Å². The summed E-state index contributed by atoms with van der Waals surface area (Å²) in [7, 11) is 1.94. The lowest BCUT2D eigenvalue weighted by atomic mass is 9.89. The first-order valence-corrected chi connectivity index (χ1v) is 5.60. The number of nitrogens with one attached hydrogen (secondary N) is 1. The predicted molar refractivity (Wildman–Crippen MR) is 58.5 cm³/mol. The summed E-state index contributed by atoms with van der Waals surface area (Å²) in [6.45, 7) is 3.80. The predicted octanol–water partition coefficient (Wildman–Crippen LogP) is 1.08. The third-order valence-corrected chi connectivity index (χ3v) is 2.85. The molecule has 1 fully saturated rings. The Balaban J connectivity index is 1.64. The van der Waals surface area contributed by atoms with E-state index >= 15 is 0 Å². The van der Waals surface area contributed by atoms with Crippen molar-refractivity contribution in [3.63, 3.8) is 0 Å². The maximum Gasteiger partial charge on any atom is 0.0604 e. The van der Waals surface area contributed by atoms with Crippen LogP contribution in [0.5, 0.6) is 0 Å². The minimum Gasteiger partial charge on any atom is -0.378 e. The lowest BCUT2D eigenvalue weighted by molar-refractivity contribution is -0.0102. The summed E-state index contributed by atoms with van der Waals surface area (Å²) in [5.41, 5.74) is 1.25. The van der Waals surface area contributed by atoms with Gasteiger partial charge in [-0.25, -0.2) is 0 Å². The Morgan fingerprint density at radius 2 is 2.40 bits per heavy atom. The topological polar surface area (TPSA) is 39.1 Å². The molecule has 1 aliphatic rings. The second-order valence-electron chi connectivity index (χ2n) is 4.15. The molecule has 4 heteroatoms. The molecule has 0 unspecified atom stereocenters. The quantitative estimate of drug-likeness (QED) is 0.788. The molecule has 0 bridgehead atoms. The van der Waals surface area contributed by atoms with E-state index in [9.17, 15) is 0 Å². The number of hydrogen-bond donors (Lipinski definition) is 1. The third-order valence-electron chi connectivity index (χ3n) is 2.85. The Kier molecular flexibility index (Phi) is 3.38. The molecule has 1 aliphatic carbocycles. The average Bonchev–Trinajstić information content (AvgIpc) is 2.55. The number of aryl methyl sites for hydroxylation is 1. The van der Waals surface area contributed by atoms with E-state index in [0.29, 0.717) is 12.1 Å². The highest BCUT2D eigenvalue weighted by molar-refractivity contribution is 5.03. The highest BCUT2D eigenvalue weighted by Crippen LogP contribution is 2.23. The fraction of sp³-hybridized carbons (Fsp3) is 0.727. The highest BCUT2D eigenvalue weighted by atomic mass is 16.5. The Morgan fingerprint density at radius 3 is 3.00 bits per heavy atom. The molecule has 0 saturated heterocycles. The van der Waals surface area contributed by atoms with E-state index < -0.39 is 0 Å². The van der Waals surface area contributed by atoms with Gasteiger partial charge in [0.15, 0.2) is 0 Å². The van der Waals surface area contributed by atoms with Crippen LogP contribution >= 0.6 is 0 Å². The summed E-state index contributed by atoms with van der Waals surface area (Å²) < 4.78 is 7.34. The van der Waals surface area contributed by atoms with Gasteiger partial charge in [0.05, 0.1) is 12.3 Å². The van der Waals surface area contributed by atoms with Gasteiger partial charge < -0.3 is 10.1 Å². The number of aromatic nitrogens is 2. The number of ether oxygens (including phenoxy) is 1. The first-order chi connectivity index (χ1) is 7.28. The standard InChI is InChI=1S/C11H19N3O/c1-3-15-11-4-10(5-11)12-6-9-7-13-14(2)8-9/h7-8,10-12H,3-6H2,1-2H3. The van der Waals surface area contributed by atoms with E-state index in [4.69, 9.17) is 4.74 Å². The largest absolute Gasteiger partial charge is 0.378 e. The summed E-state index contributed by atoms with van der Waals surface area (Å²) in [5, 5.41) is 7.64. The molecule has 1 aromatic heterocycles. The molecule has 1 heterocycles. The zero-order valence-corrected chi connectivity index (χ0v) is 9.44. The lowest BCUT2D eigenvalue weighted by Gasteiger charge is -2.35. The van der Waals surface area contributed by atoms with Crippen LogP contribution in [0, 0.1) is 0 Å². The van der Waals surface area contributed by atoms with Gasteiger partial charge in [0.25, 0.3) is 0 Å². The van der Waals surface area contributed by atoms with Crippen LogP contribution in [0.1, 0.15) is 25.3 Å². The first-order valence-electron chi connectivity index (χ1n) is 5.60. The maximum atomic E-state index is 5.51. The van der Waals surface area contributed by atoms with Crippen molar-refractivity contribution < 1.29 is 4.74 Å². The normalized spacial score (nSPS) is 25.2. The van der Waals surface area contributed by atoms with Crippen LogP contribution in [0.25, 0.3) is 0 Å². The number of nitrogens with zero attached hydrogens (tertiary/aromatic N) is 2. The van der Waals surface area contributed by atoms with Gasteiger partial charge in [-0.3, -0.25) is 4.68 Å². The number of hydrogen-bond acceptors (Lipinski definition) is 3. The molecule has 0 spiro atoms. The Morgan fingerprint density at radius 1 is 1.60 bits per heavy atom. The molecule has 15 heavy (non-hydrogen) atoms. The SMILES string of the molecule is CCOC1CC(NCc2cnn(C)c2)C1. The van der Waals surface area contributed by atoms with Crippen molar-refractivity contribution in [2.75, 3.05) is 6.61 Å². The van der Waals surface area contributed by atoms with Gasteiger partial charge in [0.1, 0.15) is 0 Å². The van der Waals surface area contributed by atoms with Gasteiger partial charge in [-0.2, -0.15) is 5.10 Å². The summed E-state index contributed by atoms with van der Waals surface area (Å²) in [4.78, 5) is 0. The number of rotatable bonds is 5. The van der Waals surface area contributed by atoms with Crippen molar-refractivity contribution in [1.29, 1.82) is 0 Å². The first kappa shape index (κ1) is 10.6. The van der Waals surface area contributed by atoms with Gasteiger partial charge in [0, 0.05) is 38.0 Å². The fourth-order valence-electron chi connectivity index (χ4n) is 1.93. The van der Waals surface area contributed by atoms with E-state index in [1.807, 2.05) is 24.1 Å². The Bertz CT molecular complexity index is 305. The summed E-state index contributed by atoms with van der Waals surface area (Å²) >= 11 is 0. The molecule has 0 amide bonds. The van der Waals surface area contributed by atoms with Gasteiger partial charge in [-0.1, -0.05) is 0 Å². The average molecular weight is 209 g/mol. The highest BCUT2D eigenvalue weighted by Gasteiger charge is 2.28. The second kappa shape index (κ2) is 4.77. The minimum absolute atomic E-state index is 0.487. The Labute approximate surface area is 90.6 Å². The van der Waals surface area contributed by atoms with E-state index in [-0.39, 0.29) is 0 Å². The van der Waals surface area contributed by atoms with Crippen LogP contribution in [0.3, 0.4) is 0 Å². The van der Waals surface area contributed by atoms with Gasteiger partial charge >= 0.3 is 0 Å². The third kappa shape index (κ3) is 2.79. The van der Waals surface area contributed by atoms with Crippen molar-refractivity contribution >= 4 is 0 Å². The molecule has 0 atom stereocenters. The van der Waals surface area contributed by atoms with Crippen molar-refractivity contribution in [3.05, 3.63) is 18.0 Å². The molecular weight excluding hydrogens is 190 g/mol. The summed E-state index contributed by atoms with van der Waals surface area (Å²) in [6, 6.07) is 0.627. The van der Waals surface area contributed by atoms with Crippen molar-refractivity contribution in [2.24, 2.45) is 7.05 Å². The van der Waals surface area contributed by atoms with Gasteiger partial charge in [-0.15, -0.1) is 0 Å². The molecule has 0 aromatic carbocycles. The second-order valence-corrected chi connectivity index (χ2v) is 4.15. The molecule has 1 aromatic rings. The van der Waals surface area contributed by atoms with E-state index in [1.54, 1.807) is 0 Å². The zero-order valence-electron chi connectivity index (χ0n) is 9.44. The zero-order chi connectivity index (χ0) is 10.7. The van der Waals surface area contributed by atoms with Crippen molar-refractivity contribution in [2.45, 2.75) is 38.5 Å². The maximum absolute atomic E-state index is 5.51. The minimum atomic E-state index is 0.487. The molecule has 84 valence electrons. The van der Waals surface area contributed by atoms with Gasteiger partial charge in [-0.05, 0) is 19.8 Å². The van der Waals surface area contributed by atoms with Crippen LogP contribution in [0.2, 0.25) is 0 Å². The molecule has 0 aliphatic heterocycles. The van der Waals surface area contributed by atoms with Crippen LogP contribution in [-0.2, 0) is 18.3 Å². The van der Waals surface area contributed by atoms with Crippen LogP contribution in [0.15, 0.2) is 12.4 Å². The van der Waals surface area contributed by atoms with Crippen LogP contribution in [-0.4, -0.2) is 28.5 Å². The summed E-state index contributed by atoms with van der Waals surface area (Å²) in [6.07, 6.45) is 6.74. The van der Waals surface area contributed by atoms with Gasteiger partial charge in [0.2, 0.25) is 0 Å². The summed E-state index contributed by atoms with van der Waals surface area (Å²) in [5.74, 6) is 0. The van der Waals surface area contributed by atoms with Crippen LogP contribution < -0.4 is 5.32 Å². The van der Waals surface area contributed by atoms with E-state index in [1.165, 1.54) is 5.56 Å². The molecule has 0 radical (unpaired) electrons. The smallest absolute Gasteiger partial charge is 0.0604 e. The molecule has 2 rings (SSSR count). The fourth-order valence-corrected chi connectivity index (χ4v) is 1.93. The monoisotopic (exact) mass is 209 g/mol. The van der Waals surface area contributed by atoms with Crippen molar-refractivity contribution in [3.8, 4) is 0 Å². The molecule has 1 N–H and O–H groups in total. The van der Waals surface area contributed by atoms with Crippen LogP contribution in [0.4, 0.5) is 0 Å². The lowest BCUT2D eigenvalue weighted by Crippen LogP contribution is -2.45. The molecule has 4 nitrogen and oxygen atoms in total. The van der Waals surface area contributed by atoms with Crippen molar-refractivity contribution in [1.82, 2.24) is 15.1 Å². The molecule has 1 saturated carbocycles.